The molecule has 1 aromatic carbocycles. The molecule has 1 aliphatic rings. The molecule has 1 saturated heterocycles. The van der Waals surface area contributed by atoms with Gasteiger partial charge in [0.2, 0.25) is 5.43 Å². The second-order valence-corrected chi connectivity index (χ2v) is 4.10. The van der Waals surface area contributed by atoms with E-state index in [9.17, 15) is 9.59 Å². The summed E-state index contributed by atoms with van der Waals surface area (Å²) < 4.78 is 0. The molecule has 0 aliphatic carbocycles. The third kappa shape index (κ3) is 1.98. The van der Waals surface area contributed by atoms with Crippen LogP contribution in [0.15, 0.2) is 29.1 Å². The summed E-state index contributed by atoms with van der Waals surface area (Å²) in [7, 11) is 0. The fourth-order valence-electron chi connectivity index (χ4n) is 2.07. The van der Waals surface area contributed by atoms with Crippen molar-refractivity contribution in [2.45, 2.75) is 19.8 Å². The molecule has 1 heterocycles. The lowest BCUT2D eigenvalue weighted by atomic mass is 10.2. The molecule has 3 nitrogen and oxygen atoms in total. The molecule has 0 unspecified atom stereocenters. The minimum Gasteiger partial charge on any atom is -0.368 e. The molecule has 0 atom stereocenters. The van der Waals surface area contributed by atoms with Crippen LogP contribution < -0.4 is 10.3 Å². The normalized spacial score (nSPS) is 15.2. The van der Waals surface area contributed by atoms with Gasteiger partial charge in [0.25, 0.3) is 0 Å². The quantitative estimate of drug-likeness (QED) is 0.709. The molecule has 0 spiro atoms. The lowest BCUT2D eigenvalue weighted by molar-refractivity contribution is 0.101. The van der Waals surface area contributed by atoms with Crippen molar-refractivity contribution in [3.05, 3.63) is 40.1 Å². The molecular weight excluding hydrogens is 202 g/mol. The summed E-state index contributed by atoms with van der Waals surface area (Å²) in [5.74, 6) is -0.165. The van der Waals surface area contributed by atoms with Crippen LogP contribution >= 0.6 is 0 Å². The molecular formula is C13H15NO2. The summed E-state index contributed by atoms with van der Waals surface area (Å²) in [6.45, 7) is 3.26. The van der Waals surface area contributed by atoms with Crippen LogP contribution in [0.5, 0.6) is 0 Å². The molecule has 3 heteroatoms. The van der Waals surface area contributed by atoms with E-state index in [1.807, 2.05) is 6.07 Å². The second-order valence-electron chi connectivity index (χ2n) is 4.10. The molecule has 0 saturated carbocycles. The lowest BCUT2D eigenvalue weighted by Gasteiger charge is -2.15. The van der Waals surface area contributed by atoms with Crippen LogP contribution in [-0.2, 0) is 0 Å². The van der Waals surface area contributed by atoms with Gasteiger partial charge in [0.05, 0.1) is 11.3 Å². The van der Waals surface area contributed by atoms with E-state index in [2.05, 4.69) is 4.90 Å². The Labute approximate surface area is 94.7 Å². The van der Waals surface area contributed by atoms with E-state index in [0.29, 0.717) is 5.69 Å². The van der Waals surface area contributed by atoms with E-state index in [0.717, 1.165) is 25.9 Å². The molecule has 0 amide bonds. The van der Waals surface area contributed by atoms with Crippen LogP contribution in [0.1, 0.15) is 30.1 Å². The van der Waals surface area contributed by atoms with Crippen molar-refractivity contribution >= 4 is 11.5 Å². The minimum atomic E-state index is -0.165. The first-order valence-corrected chi connectivity index (χ1v) is 5.59. The van der Waals surface area contributed by atoms with E-state index >= 15 is 0 Å². The Hall–Kier alpha value is -1.64. The molecule has 1 fully saturated rings. The van der Waals surface area contributed by atoms with Crippen LogP contribution in [0.3, 0.4) is 0 Å². The number of rotatable bonds is 2. The van der Waals surface area contributed by atoms with Gasteiger partial charge in [-0.05, 0) is 31.9 Å². The highest BCUT2D eigenvalue weighted by molar-refractivity contribution is 5.94. The van der Waals surface area contributed by atoms with Gasteiger partial charge in [0.1, 0.15) is 0 Å². The highest BCUT2D eigenvalue weighted by Crippen LogP contribution is 2.15. The zero-order chi connectivity index (χ0) is 11.5. The molecule has 0 N–H and O–H groups in total. The number of anilines is 1. The van der Waals surface area contributed by atoms with Crippen molar-refractivity contribution in [3.8, 4) is 0 Å². The average Bonchev–Trinajstić information content (AvgIpc) is 2.69. The SMILES string of the molecule is CC(=O)c1ccccc(N2CCCC2)c1=O. The third-order valence-corrected chi connectivity index (χ3v) is 2.93. The summed E-state index contributed by atoms with van der Waals surface area (Å²) in [5.41, 5.74) is 0.805. The van der Waals surface area contributed by atoms with Crippen molar-refractivity contribution in [2.24, 2.45) is 0 Å². The summed E-state index contributed by atoms with van der Waals surface area (Å²) in [5, 5.41) is 0. The Morgan fingerprint density at radius 3 is 2.44 bits per heavy atom. The number of nitrogens with zero attached hydrogens (tertiary/aromatic N) is 1. The maximum atomic E-state index is 12.1. The molecule has 16 heavy (non-hydrogen) atoms. The first-order valence-electron chi connectivity index (χ1n) is 5.59. The van der Waals surface area contributed by atoms with Crippen molar-refractivity contribution < 1.29 is 4.79 Å². The van der Waals surface area contributed by atoms with Crippen LogP contribution in [0, 0.1) is 0 Å². The van der Waals surface area contributed by atoms with Gasteiger partial charge in [-0.1, -0.05) is 12.1 Å². The third-order valence-electron chi connectivity index (χ3n) is 2.93. The fraction of sp³-hybridized carbons (Fsp3) is 0.385. The Morgan fingerprint density at radius 1 is 1.19 bits per heavy atom. The van der Waals surface area contributed by atoms with Gasteiger partial charge < -0.3 is 4.90 Å². The van der Waals surface area contributed by atoms with Crippen LogP contribution in [0.2, 0.25) is 0 Å². The summed E-state index contributed by atoms with van der Waals surface area (Å²) >= 11 is 0. The van der Waals surface area contributed by atoms with Crippen molar-refractivity contribution in [1.82, 2.24) is 0 Å². The van der Waals surface area contributed by atoms with Gasteiger partial charge in [-0.3, -0.25) is 9.59 Å². The average molecular weight is 217 g/mol. The minimum absolute atomic E-state index is 0.139. The summed E-state index contributed by atoms with van der Waals surface area (Å²) in [6, 6.07) is 6.98. The number of Topliss-reactive ketones (excluding diaryl/α,β-unsaturated/α-hetero) is 1. The van der Waals surface area contributed by atoms with Gasteiger partial charge >= 0.3 is 0 Å². The van der Waals surface area contributed by atoms with E-state index in [1.165, 1.54) is 6.92 Å². The smallest absolute Gasteiger partial charge is 0.212 e. The maximum Gasteiger partial charge on any atom is 0.212 e. The molecule has 1 aliphatic heterocycles. The Kier molecular flexibility index (Phi) is 3.04. The predicted octanol–water partition coefficient (Wildman–Crippen LogP) is 1.85. The molecule has 0 bridgehead atoms. The predicted molar refractivity (Wildman–Crippen MR) is 64.2 cm³/mol. The topological polar surface area (TPSA) is 37.4 Å². The number of carbonyl (C=O) groups is 1. The van der Waals surface area contributed by atoms with Crippen molar-refractivity contribution in [3.63, 3.8) is 0 Å². The van der Waals surface area contributed by atoms with Crippen molar-refractivity contribution in [1.29, 1.82) is 0 Å². The van der Waals surface area contributed by atoms with E-state index in [4.69, 9.17) is 0 Å². The first-order chi connectivity index (χ1) is 7.70. The second kappa shape index (κ2) is 4.47. The number of hydrogen-bond acceptors (Lipinski definition) is 3. The van der Waals surface area contributed by atoms with Crippen LogP contribution in [0.25, 0.3) is 0 Å². The zero-order valence-electron chi connectivity index (χ0n) is 9.40. The fourth-order valence-corrected chi connectivity index (χ4v) is 2.07. The highest BCUT2D eigenvalue weighted by Gasteiger charge is 2.16. The Bertz CT molecular complexity index is 462. The van der Waals surface area contributed by atoms with E-state index < -0.39 is 0 Å². The zero-order valence-corrected chi connectivity index (χ0v) is 9.40. The van der Waals surface area contributed by atoms with Crippen molar-refractivity contribution in [2.75, 3.05) is 18.0 Å². The van der Waals surface area contributed by atoms with Gasteiger partial charge in [0, 0.05) is 13.1 Å². The Morgan fingerprint density at radius 2 is 1.81 bits per heavy atom. The molecule has 1 aromatic rings. The Balaban J connectivity index is 2.54. The van der Waals surface area contributed by atoms with Gasteiger partial charge in [-0.25, -0.2) is 0 Å². The highest BCUT2D eigenvalue weighted by atomic mass is 16.1. The molecule has 0 radical (unpaired) electrons. The monoisotopic (exact) mass is 217 g/mol. The lowest BCUT2D eigenvalue weighted by Crippen LogP contribution is -2.25. The molecule has 84 valence electrons. The van der Waals surface area contributed by atoms with E-state index in [-0.39, 0.29) is 16.8 Å². The van der Waals surface area contributed by atoms with Crippen LogP contribution in [0.4, 0.5) is 5.69 Å². The summed E-state index contributed by atoms with van der Waals surface area (Å²) in [6.07, 6.45) is 2.24. The van der Waals surface area contributed by atoms with Gasteiger partial charge in [-0.15, -0.1) is 0 Å². The molecule has 0 aromatic heterocycles. The number of carbonyl (C=O) groups excluding carboxylic acids is 1. The van der Waals surface area contributed by atoms with Gasteiger partial charge in [0.15, 0.2) is 5.78 Å². The number of ketones is 1. The number of hydrogen-bond donors (Lipinski definition) is 0. The largest absolute Gasteiger partial charge is 0.368 e. The van der Waals surface area contributed by atoms with Crippen LogP contribution in [-0.4, -0.2) is 18.9 Å². The maximum absolute atomic E-state index is 12.1. The van der Waals surface area contributed by atoms with E-state index in [1.54, 1.807) is 18.2 Å². The first kappa shape index (κ1) is 10.9. The molecule has 2 rings (SSSR count). The van der Waals surface area contributed by atoms with Gasteiger partial charge in [-0.2, -0.15) is 0 Å². The summed E-state index contributed by atoms with van der Waals surface area (Å²) in [4.78, 5) is 25.6. The standard InChI is InChI=1S/C13H15NO2/c1-10(15)11-6-2-3-7-12(13(11)16)14-8-4-5-9-14/h2-3,6-7H,4-5,8-9H2,1H3.